The Labute approximate surface area is 183 Å². The molecule has 0 atom stereocenters. The van der Waals surface area contributed by atoms with Gasteiger partial charge in [0.1, 0.15) is 11.5 Å². The van der Waals surface area contributed by atoms with Crippen molar-refractivity contribution in [3.05, 3.63) is 82.4 Å². The van der Waals surface area contributed by atoms with Crippen LogP contribution in [-0.2, 0) is 6.42 Å². The van der Waals surface area contributed by atoms with Crippen LogP contribution in [-0.4, -0.2) is 19.2 Å². The molecule has 162 valence electrons. The van der Waals surface area contributed by atoms with Gasteiger partial charge in [0, 0.05) is 22.8 Å². The molecule has 0 spiro atoms. The van der Waals surface area contributed by atoms with Gasteiger partial charge in [0.15, 0.2) is 17.8 Å². The summed E-state index contributed by atoms with van der Waals surface area (Å²) in [7, 11) is 1.52. The molecule has 0 aliphatic rings. The van der Waals surface area contributed by atoms with Crippen LogP contribution in [0.5, 0.6) is 17.2 Å². The molecule has 31 heavy (non-hydrogen) atoms. The van der Waals surface area contributed by atoms with E-state index in [1.54, 1.807) is 37.3 Å². The predicted molar refractivity (Wildman–Crippen MR) is 125 cm³/mol. The molecular formula is C26H29NO4. The quantitative estimate of drug-likeness (QED) is 0.288. The van der Waals surface area contributed by atoms with Crippen LogP contribution >= 0.6 is 0 Å². The molecule has 0 saturated heterocycles. The molecule has 2 N–H and O–H groups in total. The minimum atomic E-state index is -0.354. The second-order valence-corrected chi connectivity index (χ2v) is 6.62. The highest BCUT2D eigenvalue weighted by Crippen LogP contribution is 2.39. The fourth-order valence-electron chi connectivity index (χ4n) is 3.20. The lowest BCUT2D eigenvalue weighted by Gasteiger charge is -2.18. The van der Waals surface area contributed by atoms with E-state index in [-0.39, 0.29) is 22.6 Å². The van der Waals surface area contributed by atoms with Crippen molar-refractivity contribution in [1.82, 2.24) is 0 Å². The normalized spacial score (nSPS) is 9.97. The van der Waals surface area contributed by atoms with E-state index < -0.39 is 0 Å². The third-order valence-electron chi connectivity index (χ3n) is 4.88. The third-order valence-corrected chi connectivity index (χ3v) is 4.88. The molecule has 3 rings (SSSR count). The molecule has 5 heteroatoms. The van der Waals surface area contributed by atoms with E-state index in [0.717, 1.165) is 6.42 Å². The number of aldehydes is 1. The van der Waals surface area contributed by atoms with E-state index in [1.807, 2.05) is 38.1 Å². The van der Waals surface area contributed by atoms with Crippen LogP contribution in [0.25, 0.3) is 0 Å². The van der Waals surface area contributed by atoms with Gasteiger partial charge in [-0.05, 0) is 31.0 Å². The SMILES string of the molecule is CC.CCc1ccc(Oc2cc(OC)c(C)c(C(=O)c3ccccc3C=O)c2N)cc1. The molecule has 0 aliphatic heterocycles. The number of rotatable bonds is 7. The third kappa shape index (κ3) is 5.12. The fraction of sp³-hybridized carbons (Fsp3) is 0.231. The standard InChI is InChI=1S/C24H23NO4.C2H6/c1-4-16-9-11-18(12-10-16)29-21-13-20(28-3)15(2)22(23(21)25)24(27)19-8-6-5-7-17(19)14-26;1-2/h5-14H,4,25H2,1-3H3;1-2H3. The van der Waals surface area contributed by atoms with Crippen LogP contribution in [0.15, 0.2) is 54.6 Å². The minimum Gasteiger partial charge on any atom is -0.496 e. The molecule has 0 aliphatic carbocycles. The molecule has 3 aromatic rings. The highest BCUT2D eigenvalue weighted by Gasteiger charge is 2.24. The number of aryl methyl sites for hydroxylation is 1. The first-order chi connectivity index (χ1) is 15.0. The van der Waals surface area contributed by atoms with Gasteiger partial charge in [0.2, 0.25) is 0 Å². The topological polar surface area (TPSA) is 78.6 Å². The van der Waals surface area contributed by atoms with Gasteiger partial charge in [0.05, 0.1) is 18.4 Å². The van der Waals surface area contributed by atoms with Crippen molar-refractivity contribution in [2.45, 2.75) is 34.1 Å². The lowest BCUT2D eigenvalue weighted by molar-refractivity contribution is 0.102. The van der Waals surface area contributed by atoms with Crippen molar-refractivity contribution in [2.24, 2.45) is 0 Å². The van der Waals surface area contributed by atoms with Crippen molar-refractivity contribution < 1.29 is 19.1 Å². The lowest BCUT2D eigenvalue weighted by atomic mass is 9.93. The first-order valence-electron chi connectivity index (χ1n) is 10.3. The van der Waals surface area contributed by atoms with Crippen molar-refractivity contribution in [3.63, 3.8) is 0 Å². The van der Waals surface area contributed by atoms with Gasteiger partial charge in [-0.3, -0.25) is 9.59 Å². The molecule has 5 nitrogen and oxygen atoms in total. The van der Waals surface area contributed by atoms with Crippen LogP contribution in [0.2, 0.25) is 0 Å². The first-order valence-corrected chi connectivity index (χ1v) is 10.3. The first kappa shape index (κ1) is 23.7. The Morgan fingerprint density at radius 3 is 2.26 bits per heavy atom. The highest BCUT2D eigenvalue weighted by atomic mass is 16.5. The van der Waals surface area contributed by atoms with E-state index in [9.17, 15) is 9.59 Å². The van der Waals surface area contributed by atoms with Gasteiger partial charge in [0.25, 0.3) is 0 Å². The Morgan fingerprint density at radius 2 is 1.68 bits per heavy atom. The van der Waals surface area contributed by atoms with E-state index >= 15 is 0 Å². The van der Waals surface area contributed by atoms with Gasteiger partial charge >= 0.3 is 0 Å². The van der Waals surface area contributed by atoms with E-state index in [4.69, 9.17) is 15.2 Å². The number of nitrogens with two attached hydrogens (primary N) is 1. The number of carbonyl (C=O) groups excluding carboxylic acids is 2. The summed E-state index contributed by atoms with van der Waals surface area (Å²) in [6.07, 6.45) is 1.58. The number of hydrogen-bond acceptors (Lipinski definition) is 5. The molecule has 0 amide bonds. The Morgan fingerprint density at radius 1 is 1.03 bits per heavy atom. The maximum absolute atomic E-state index is 13.3. The van der Waals surface area contributed by atoms with Gasteiger partial charge in [-0.15, -0.1) is 0 Å². The molecule has 0 heterocycles. The number of nitrogen functional groups attached to an aromatic ring is 1. The van der Waals surface area contributed by atoms with E-state index in [2.05, 4.69) is 6.92 Å². The van der Waals surface area contributed by atoms with Crippen LogP contribution in [0.3, 0.4) is 0 Å². The number of ketones is 1. The molecule has 3 aromatic carbocycles. The summed E-state index contributed by atoms with van der Waals surface area (Å²) in [5, 5.41) is 0. The maximum atomic E-state index is 13.3. The second kappa shape index (κ2) is 11.0. The summed E-state index contributed by atoms with van der Waals surface area (Å²) < 4.78 is 11.4. The Kier molecular flexibility index (Phi) is 8.38. The Bertz CT molecular complexity index is 1060. The van der Waals surface area contributed by atoms with Crippen LogP contribution in [0.4, 0.5) is 5.69 Å². The van der Waals surface area contributed by atoms with Crippen LogP contribution in [0.1, 0.15) is 58.2 Å². The number of hydrogen-bond donors (Lipinski definition) is 1. The summed E-state index contributed by atoms with van der Waals surface area (Å²) in [4.78, 5) is 24.7. The summed E-state index contributed by atoms with van der Waals surface area (Å²) in [6, 6.07) is 15.9. The molecule has 0 saturated carbocycles. The lowest BCUT2D eigenvalue weighted by Crippen LogP contribution is -2.12. The van der Waals surface area contributed by atoms with Gasteiger partial charge in [-0.2, -0.15) is 0 Å². The van der Waals surface area contributed by atoms with Gasteiger partial charge in [-0.1, -0.05) is 57.2 Å². The number of benzene rings is 3. The van der Waals surface area contributed by atoms with Crippen molar-refractivity contribution >= 4 is 17.8 Å². The number of anilines is 1. The number of ether oxygens (including phenoxy) is 2. The number of methoxy groups -OCH3 is 1. The summed E-state index contributed by atoms with van der Waals surface area (Å²) in [5.41, 5.74) is 9.18. The average molecular weight is 420 g/mol. The van der Waals surface area contributed by atoms with E-state index in [1.165, 1.54) is 12.7 Å². The molecule has 0 fully saturated rings. The second-order valence-electron chi connectivity index (χ2n) is 6.62. The molecule has 0 bridgehead atoms. The van der Waals surface area contributed by atoms with Crippen LogP contribution in [0, 0.1) is 6.92 Å². The van der Waals surface area contributed by atoms with Crippen molar-refractivity contribution in [1.29, 1.82) is 0 Å². The van der Waals surface area contributed by atoms with Crippen molar-refractivity contribution in [2.75, 3.05) is 12.8 Å². The monoisotopic (exact) mass is 419 g/mol. The van der Waals surface area contributed by atoms with Gasteiger partial charge < -0.3 is 15.2 Å². The number of carbonyl (C=O) groups is 2. The Hall–Kier alpha value is -3.60. The fourth-order valence-corrected chi connectivity index (χ4v) is 3.20. The average Bonchev–Trinajstić information content (AvgIpc) is 2.82. The van der Waals surface area contributed by atoms with Crippen LogP contribution < -0.4 is 15.2 Å². The summed E-state index contributed by atoms with van der Waals surface area (Å²) in [5.74, 6) is 1.05. The molecule has 0 aromatic heterocycles. The highest BCUT2D eigenvalue weighted by molar-refractivity contribution is 6.17. The van der Waals surface area contributed by atoms with Gasteiger partial charge in [-0.25, -0.2) is 0 Å². The largest absolute Gasteiger partial charge is 0.496 e. The Balaban J connectivity index is 0.00000166. The smallest absolute Gasteiger partial charge is 0.196 e. The molecular weight excluding hydrogens is 390 g/mol. The summed E-state index contributed by atoms with van der Waals surface area (Å²) in [6.45, 7) is 7.83. The maximum Gasteiger partial charge on any atom is 0.196 e. The predicted octanol–water partition coefficient (Wildman–Crippen LogP) is 6.01. The zero-order valence-corrected chi connectivity index (χ0v) is 18.7. The molecule has 0 radical (unpaired) electrons. The molecule has 0 unspecified atom stereocenters. The summed E-state index contributed by atoms with van der Waals surface area (Å²) >= 11 is 0. The zero-order valence-electron chi connectivity index (χ0n) is 18.7. The van der Waals surface area contributed by atoms with E-state index in [0.29, 0.717) is 34.7 Å². The van der Waals surface area contributed by atoms with Crippen molar-refractivity contribution in [3.8, 4) is 17.2 Å². The zero-order chi connectivity index (χ0) is 23.0. The minimum absolute atomic E-state index is 0.202.